The number of hydrogen-bond acceptors (Lipinski definition) is 4. The van der Waals surface area contributed by atoms with Gasteiger partial charge in [-0.15, -0.1) is 0 Å². The van der Waals surface area contributed by atoms with E-state index < -0.39 is 17.9 Å². The smallest absolute Gasteiger partial charge is 0.350 e. The summed E-state index contributed by atoms with van der Waals surface area (Å²) in [7, 11) is 0. The molecule has 2 atom stereocenters. The van der Waals surface area contributed by atoms with Crippen LogP contribution in [0.15, 0.2) is 5.16 Å². The molecule has 0 saturated carbocycles. The summed E-state index contributed by atoms with van der Waals surface area (Å²) in [4.78, 5) is 4.13. The first-order chi connectivity index (χ1) is 6.45. The van der Waals surface area contributed by atoms with Gasteiger partial charge in [-0.25, -0.2) is 0 Å². The summed E-state index contributed by atoms with van der Waals surface area (Å²) in [6.45, 7) is 0.599. The number of halogens is 3. The number of rotatable bonds is 0. The highest BCUT2D eigenvalue weighted by Gasteiger charge is 2.66. The summed E-state index contributed by atoms with van der Waals surface area (Å²) in [5.41, 5.74) is 0.281. The Morgan fingerprint density at radius 2 is 2.29 bits per heavy atom. The third-order valence-electron chi connectivity index (χ3n) is 2.49. The van der Waals surface area contributed by atoms with E-state index in [4.69, 9.17) is 0 Å². The van der Waals surface area contributed by atoms with Gasteiger partial charge >= 0.3 is 12.0 Å². The van der Waals surface area contributed by atoms with Gasteiger partial charge in [0.25, 0.3) is 0 Å². The molecule has 0 aromatic heterocycles. The molecule has 4 nitrogen and oxygen atoms in total. The van der Waals surface area contributed by atoms with Gasteiger partial charge in [-0.3, -0.25) is 0 Å². The highest BCUT2D eigenvalue weighted by molar-refractivity contribution is 5.89. The average molecular weight is 210 g/mol. The van der Waals surface area contributed by atoms with Crippen molar-refractivity contribution in [3.63, 3.8) is 0 Å². The SMILES string of the molecule is OC1(C(F)(F)F)ON=C2CCNCC21. The fourth-order valence-electron chi connectivity index (χ4n) is 1.67. The van der Waals surface area contributed by atoms with Crippen molar-refractivity contribution in [3.8, 4) is 0 Å². The number of fused-ring (bicyclic) bond motifs is 1. The molecule has 0 aromatic carbocycles. The van der Waals surface area contributed by atoms with Crippen molar-refractivity contribution in [2.75, 3.05) is 13.1 Å². The van der Waals surface area contributed by atoms with Crippen LogP contribution in [-0.2, 0) is 4.84 Å². The maximum Gasteiger partial charge on any atom is 0.458 e. The molecule has 0 spiro atoms. The largest absolute Gasteiger partial charge is 0.458 e. The van der Waals surface area contributed by atoms with E-state index in [1.807, 2.05) is 0 Å². The molecule has 2 heterocycles. The first kappa shape index (κ1) is 9.72. The molecule has 1 fully saturated rings. The van der Waals surface area contributed by atoms with Crippen molar-refractivity contribution in [2.24, 2.45) is 11.1 Å². The minimum Gasteiger partial charge on any atom is -0.350 e. The van der Waals surface area contributed by atoms with Gasteiger partial charge in [0.05, 0.1) is 11.6 Å². The topological polar surface area (TPSA) is 53.9 Å². The lowest BCUT2D eigenvalue weighted by Crippen LogP contribution is -2.56. The van der Waals surface area contributed by atoms with Gasteiger partial charge < -0.3 is 15.3 Å². The Morgan fingerprint density at radius 3 is 2.93 bits per heavy atom. The molecule has 7 heteroatoms. The Morgan fingerprint density at radius 1 is 1.57 bits per heavy atom. The van der Waals surface area contributed by atoms with E-state index in [9.17, 15) is 18.3 Å². The molecular weight excluding hydrogens is 201 g/mol. The van der Waals surface area contributed by atoms with E-state index in [1.54, 1.807) is 0 Å². The normalized spacial score (nSPS) is 37.4. The number of hydrogen-bond donors (Lipinski definition) is 2. The van der Waals surface area contributed by atoms with E-state index in [2.05, 4.69) is 15.3 Å². The summed E-state index contributed by atoms with van der Waals surface area (Å²) in [6, 6.07) is 0. The number of nitrogens with one attached hydrogen (secondary N) is 1. The first-order valence-electron chi connectivity index (χ1n) is 4.20. The fourth-order valence-corrected chi connectivity index (χ4v) is 1.67. The maximum atomic E-state index is 12.4. The molecule has 0 amide bonds. The van der Waals surface area contributed by atoms with Crippen LogP contribution in [-0.4, -0.2) is 35.9 Å². The molecule has 0 aliphatic carbocycles. The van der Waals surface area contributed by atoms with E-state index in [-0.39, 0.29) is 12.3 Å². The van der Waals surface area contributed by atoms with E-state index in [0.717, 1.165) is 0 Å². The Bertz CT molecular complexity index is 279. The third kappa shape index (κ3) is 1.19. The molecule has 0 radical (unpaired) electrons. The quantitative estimate of drug-likeness (QED) is 0.602. The first-order valence-corrected chi connectivity index (χ1v) is 4.20. The molecule has 2 aliphatic rings. The molecule has 0 aromatic rings. The highest BCUT2D eigenvalue weighted by Crippen LogP contribution is 2.42. The molecule has 1 saturated heterocycles. The second-order valence-electron chi connectivity index (χ2n) is 3.37. The molecule has 2 rings (SSSR count). The standard InChI is InChI=1S/C7H9F3N2O2/c8-7(9,10)6(13)4-3-11-2-1-5(4)12-14-6/h4,11,13H,1-3H2. The van der Waals surface area contributed by atoms with Crippen molar-refractivity contribution < 1.29 is 23.1 Å². The molecule has 0 bridgehead atoms. The molecule has 2 unspecified atom stereocenters. The number of nitrogens with zero attached hydrogens (tertiary/aromatic N) is 1. The van der Waals surface area contributed by atoms with Gasteiger partial charge in [0, 0.05) is 19.5 Å². The van der Waals surface area contributed by atoms with Crippen LogP contribution in [0.4, 0.5) is 13.2 Å². The zero-order valence-corrected chi connectivity index (χ0v) is 7.14. The van der Waals surface area contributed by atoms with Gasteiger partial charge in [-0.1, -0.05) is 5.16 Å². The van der Waals surface area contributed by atoms with Gasteiger partial charge in [-0.2, -0.15) is 13.2 Å². The predicted octanol–water partition coefficient (Wildman–Crippen LogP) is 0.233. The lowest BCUT2D eigenvalue weighted by molar-refractivity contribution is -0.369. The highest BCUT2D eigenvalue weighted by atomic mass is 19.4. The summed E-state index contributed by atoms with van der Waals surface area (Å²) in [5.74, 6) is -4.26. The fraction of sp³-hybridized carbons (Fsp3) is 0.857. The minimum absolute atomic E-state index is 0.0366. The van der Waals surface area contributed by atoms with Crippen LogP contribution in [0.1, 0.15) is 6.42 Å². The van der Waals surface area contributed by atoms with Crippen LogP contribution in [0.25, 0.3) is 0 Å². The van der Waals surface area contributed by atoms with E-state index >= 15 is 0 Å². The lowest BCUT2D eigenvalue weighted by Gasteiger charge is -2.31. The van der Waals surface area contributed by atoms with E-state index in [0.29, 0.717) is 13.0 Å². The summed E-state index contributed by atoms with van der Waals surface area (Å²) in [5, 5.41) is 15.4. The molecule has 2 N–H and O–H groups in total. The van der Waals surface area contributed by atoms with Crippen LogP contribution in [0.2, 0.25) is 0 Å². The van der Waals surface area contributed by atoms with Crippen LogP contribution in [0.3, 0.4) is 0 Å². The summed E-state index contributed by atoms with van der Waals surface area (Å²) >= 11 is 0. The third-order valence-corrected chi connectivity index (χ3v) is 2.49. The number of piperidine rings is 1. The molecular formula is C7H9F3N2O2. The monoisotopic (exact) mass is 210 g/mol. The second-order valence-corrected chi connectivity index (χ2v) is 3.37. The number of alkyl halides is 3. The minimum atomic E-state index is -4.82. The van der Waals surface area contributed by atoms with Crippen LogP contribution in [0.5, 0.6) is 0 Å². The van der Waals surface area contributed by atoms with Gasteiger partial charge in [-0.05, 0) is 0 Å². The molecule has 2 aliphatic heterocycles. The predicted molar refractivity (Wildman–Crippen MR) is 40.5 cm³/mol. The van der Waals surface area contributed by atoms with Crippen molar-refractivity contribution in [3.05, 3.63) is 0 Å². The second kappa shape index (κ2) is 2.83. The van der Waals surface area contributed by atoms with Gasteiger partial charge in [0.1, 0.15) is 0 Å². The van der Waals surface area contributed by atoms with Crippen LogP contribution in [0, 0.1) is 5.92 Å². The Balaban J connectivity index is 2.25. The molecule has 80 valence electrons. The summed E-state index contributed by atoms with van der Waals surface area (Å²) in [6.07, 6.45) is -4.44. The Kier molecular flexibility index (Phi) is 1.97. The lowest BCUT2D eigenvalue weighted by atomic mass is 9.89. The van der Waals surface area contributed by atoms with Gasteiger partial charge in [0.15, 0.2) is 0 Å². The van der Waals surface area contributed by atoms with Gasteiger partial charge in [0.2, 0.25) is 0 Å². The van der Waals surface area contributed by atoms with E-state index in [1.165, 1.54) is 0 Å². The Labute approximate surface area is 77.7 Å². The van der Waals surface area contributed by atoms with Crippen molar-refractivity contribution >= 4 is 5.71 Å². The average Bonchev–Trinajstić information content (AvgIpc) is 2.45. The van der Waals surface area contributed by atoms with Crippen LogP contribution >= 0.6 is 0 Å². The van der Waals surface area contributed by atoms with Crippen molar-refractivity contribution in [1.29, 1.82) is 0 Å². The Hall–Kier alpha value is -0.820. The van der Waals surface area contributed by atoms with Crippen molar-refractivity contribution in [2.45, 2.75) is 18.4 Å². The maximum absolute atomic E-state index is 12.4. The van der Waals surface area contributed by atoms with Crippen LogP contribution < -0.4 is 5.32 Å². The number of aliphatic hydroxyl groups is 1. The van der Waals surface area contributed by atoms with Crippen molar-refractivity contribution in [1.82, 2.24) is 5.32 Å². The zero-order valence-electron chi connectivity index (χ0n) is 7.14. The number of oxime groups is 1. The summed E-state index contributed by atoms with van der Waals surface area (Å²) < 4.78 is 37.3. The zero-order chi connectivity index (χ0) is 10.4. The molecule has 14 heavy (non-hydrogen) atoms.